The van der Waals surface area contributed by atoms with E-state index in [0.717, 1.165) is 17.8 Å². The molecule has 0 saturated heterocycles. The molecule has 1 aliphatic heterocycles. The van der Waals surface area contributed by atoms with E-state index in [1.165, 1.54) is 0 Å². The molecular formula is C10H12ClNO2. The van der Waals surface area contributed by atoms with E-state index in [4.69, 9.17) is 5.11 Å². The number of carbonyl (C=O) groups is 1. The van der Waals surface area contributed by atoms with Crippen molar-refractivity contribution in [1.29, 1.82) is 0 Å². The maximum Gasteiger partial charge on any atom is 0.335 e. The number of hydrogen-bond donors (Lipinski definition) is 2. The van der Waals surface area contributed by atoms with Gasteiger partial charge in [-0.1, -0.05) is 6.92 Å². The van der Waals surface area contributed by atoms with Crippen LogP contribution in [0.3, 0.4) is 0 Å². The van der Waals surface area contributed by atoms with Crippen LogP contribution in [0.2, 0.25) is 0 Å². The lowest BCUT2D eigenvalue weighted by Crippen LogP contribution is -1.97. The van der Waals surface area contributed by atoms with Crippen molar-refractivity contribution in [1.82, 2.24) is 0 Å². The van der Waals surface area contributed by atoms with Crippen LogP contribution >= 0.6 is 12.4 Å². The normalized spacial score (nSPS) is 17.9. The van der Waals surface area contributed by atoms with Gasteiger partial charge in [0.2, 0.25) is 0 Å². The highest BCUT2D eigenvalue weighted by molar-refractivity contribution is 5.88. The van der Waals surface area contributed by atoms with Crippen LogP contribution < -0.4 is 5.32 Å². The predicted molar refractivity (Wildman–Crippen MR) is 57.6 cm³/mol. The third-order valence-corrected chi connectivity index (χ3v) is 2.43. The Morgan fingerprint density at radius 3 is 2.93 bits per heavy atom. The van der Waals surface area contributed by atoms with E-state index in [1.54, 1.807) is 12.1 Å². The van der Waals surface area contributed by atoms with E-state index < -0.39 is 5.97 Å². The number of carboxylic acid groups (broad SMARTS) is 1. The van der Waals surface area contributed by atoms with Gasteiger partial charge in [0, 0.05) is 18.2 Å². The summed E-state index contributed by atoms with van der Waals surface area (Å²) < 4.78 is 0. The summed E-state index contributed by atoms with van der Waals surface area (Å²) in [6.45, 7) is 2.99. The first-order valence-corrected chi connectivity index (χ1v) is 4.29. The van der Waals surface area contributed by atoms with Gasteiger partial charge >= 0.3 is 5.97 Å². The molecule has 4 heteroatoms. The lowest BCUT2D eigenvalue weighted by Gasteiger charge is -2.03. The van der Waals surface area contributed by atoms with Crippen LogP contribution in [0.15, 0.2) is 18.2 Å². The van der Waals surface area contributed by atoms with Gasteiger partial charge in [0.25, 0.3) is 0 Å². The summed E-state index contributed by atoms with van der Waals surface area (Å²) in [6, 6.07) is 5.22. The Hall–Kier alpha value is -1.22. The summed E-state index contributed by atoms with van der Waals surface area (Å²) in [5.74, 6) is -0.448. The number of aromatic carboxylic acids is 1. The number of hydrogen-bond acceptors (Lipinski definition) is 2. The van der Waals surface area contributed by atoms with Crippen molar-refractivity contribution in [2.45, 2.75) is 12.8 Å². The van der Waals surface area contributed by atoms with Gasteiger partial charge in [-0.15, -0.1) is 12.4 Å². The molecule has 1 aromatic carbocycles. The molecule has 0 radical (unpaired) electrons. The Bertz CT molecular complexity index is 365. The molecule has 1 unspecified atom stereocenters. The van der Waals surface area contributed by atoms with Gasteiger partial charge in [0.15, 0.2) is 0 Å². The lowest BCUT2D eigenvalue weighted by molar-refractivity contribution is 0.0697. The number of carboxylic acids is 1. The molecule has 76 valence electrons. The second kappa shape index (κ2) is 3.88. The Morgan fingerprint density at radius 1 is 1.57 bits per heavy atom. The van der Waals surface area contributed by atoms with Gasteiger partial charge < -0.3 is 10.4 Å². The summed E-state index contributed by atoms with van der Waals surface area (Å²) in [4.78, 5) is 10.7. The fraction of sp³-hybridized carbons (Fsp3) is 0.300. The van der Waals surface area contributed by atoms with Crippen molar-refractivity contribution in [2.24, 2.45) is 0 Å². The van der Waals surface area contributed by atoms with E-state index in [2.05, 4.69) is 12.2 Å². The molecule has 1 aliphatic rings. The first-order valence-electron chi connectivity index (χ1n) is 4.29. The first-order chi connectivity index (χ1) is 6.18. The second-order valence-electron chi connectivity index (χ2n) is 3.39. The van der Waals surface area contributed by atoms with Crippen molar-refractivity contribution >= 4 is 24.1 Å². The Balaban J connectivity index is 0.000000980. The van der Waals surface area contributed by atoms with Gasteiger partial charge in [-0.25, -0.2) is 4.79 Å². The van der Waals surface area contributed by atoms with Crippen LogP contribution in [0, 0.1) is 0 Å². The molecule has 0 aliphatic carbocycles. The summed E-state index contributed by atoms with van der Waals surface area (Å²) >= 11 is 0. The van der Waals surface area contributed by atoms with Gasteiger partial charge in [0.1, 0.15) is 0 Å². The van der Waals surface area contributed by atoms with Crippen molar-refractivity contribution in [3.8, 4) is 0 Å². The summed E-state index contributed by atoms with van der Waals surface area (Å²) in [5, 5.41) is 12.0. The molecular weight excluding hydrogens is 202 g/mol. The van der Waals surface area contributed by atoms with Crippen molar-refractivity contribution < 1.29 is 9.90 Å². The van der Waals surface area contributed by atoms with Crippen LogP contribution in [-0.2, 0) is 0 Å². The maximum absolute atomic E-state index is 10.7. The summed E-state index contributed by atoms with van der Waals surface area (Å²) in [7, 11) is 0. The second-order valence-corrected chi connectivity index (χ2v) is 3.39. The van der Waals surface area contributed by atoms with E-state index in [-0.39, 0.29) is 12.4 Å². The molecule has 3 nitrogen and oxygen atoms in total. The monoisotopic (exact) mass is 213 g/mol. The SMILES string of the molecule is CC1CNc2ccc(C(=O)O)cc21.Cl. The van der Waals surface area contributed by atoms with Crippen molar-refractivity contribution in [3.63, 3.8) is 0 Å². The van der Waals surface area contributed by atoms with Crippen molar-refractivity contribution in [2.75, 3.05) is 11.9 Å². The molecule has 1 aromatic rings. The van der Waals surface area contributed by atoms with Crippen LogP contribution in [0.4, 0.5) is 5.69 Å². The average Bonchev–Trinajstić information content (AvgIpc) is 2.47. The molecule has 0 saturated carbocycles. The molecule has 0 fully saturated rings. The minimum absolute atomic E-state index is 0. The quantitative estimate of drug-likeness (QED) is 0.753. The van der Waals surface area contributed by atoms with Gasteiger partial charge in [-0.3, -0.25) is 0 Å². The number of rotatable bonds is 1. The molecule has 1 atom stereocenters. The smallest absolute Gasteiger partial charge is 0.335 e. The zero-order chi connectivity index (χ0) is 9.42. The molecule has 1 heterocycles. The standard InChI is InChI=1S/C10H11NO2.ClH/c1-6-5-11-9-3-2-7(10(12)13)4-8(6)9;/h2-4,6,11H,5H2,1H3,(H,12,13);1H. The fourth-order valence-electron chi connectivity index (χ4n) is 1.64. The molecule has 0 amide bonds. The van der Waals surface area contributed by atoms with Crippen LogP contribution in [0.25, 0.3) is 0 Å². The zero-order valence-corrected chi connectivity index (χ0v) is 8.60. The minimum atomic E-state index is -0.859. The molecule has 0 aromatic heterocycles. The van der Waals surface area contributed by atoms with E-state index in [1.807, 2.05) is 6.07 Å². The lowest BCUT2D eigenvalue weighted by atomic mass is 10.0. The van der Waals surface area contributed by atoms with Crippen molar-refractivity contribution in [3.05, 3.63) is 29.3 Å². The van der Waals surface area contributed by atoms with Gasteiger partial charge in [0.05, 0.1) is 5.56 Å². The Kier molecular flexibility index (Phi) is 3.01. The van der Waals surface area contributed by atoms with E-state index in [9.17, 15) is 4.79 Å². The number of nitrogens with one attached hydrogen (secondary N) is 1. The van der Waals surface area contributed by atoms with Gasteiger partial charge in [-0.2, -0.15) is 0 Å². The Labute approximate surface area is 88.5 Å². The predicted octanol–water partition coefficient (Wildman–Crippen LogP) is 2.34. The largest absolute Gasteiger partial charge is 0.478 e. The summed E-state index contributed by atoms with van der Waals surface area (Å²) in [6.07, 6.45) is 0. The number of benzene rings is 1. The van der Waals surface area contributed by atoms with E-state index in [0.29, 0.717) is 11.5 Å². The third-order valence-electron chi connectivity index (χ3n) is 2.43. The minimum Gasteiger partial charge on any atom is -0.478 e. The molecule has 0 spiro atoms. The highest BCUT2D eigenvalue weighted by Gasteiger charge is 2.19. The fourth-order valence-corrected chi connectivity index (χ4v) is 1.64. The zero-order valence-electron chi connectivity index (χ0n) is 7.78. The number of anilines is 1. The van der Waals surface area contributed by atoms with Crippen LogP contribution in [0.1, 0.15) is 28.8 Å². The number of fused-ring (bicyclic) bond motifs is 1. The van der Waals surface area contributed by atoms with Crippen LogP contribution in [0.5, 0.6) is 0 Å². The molecule has 2 N–H and O–H groups in total. The highest BCUT2D eigenvalue weighted by atomic mass is 35.5. The number of halogens is 1. The Morgan fingerprint density at radius 2 is 2.29 bits per heavy atom. The third kappa shape index (κ3) is 1.68. The van der Waals surface area contributed by atoms with E-state index >= 15 is 0 Å². The van der Waals surface area contributed by atoms with Crippen LogP contribution in [-0.4, -0.2) is 17.6 Å². The van der Waals surface area contributed by atoms with Gasteiger partial charge in [-0.05, 0) is 23.8 Å². The average molecular weight is 214 g/mol. The maximum atomic E-state index is 10.7. The topological polar surface area (TPSA) is 49.3 Å². The molecule has 2 rings (SSSR count). The molecule has 14 heavy (non-hydrogen) atoms. The first kappa shape index (κ1) is 10.9. The summed E-state index contributed by atoms with van der Waals surface area (Å²) in [5.41, 5.74) is 2.55. The molecule has 0 bridgehead atoms. The highest BCUT2D eigenvalue weighted by Crippen LogP contribution is 2.31.